The molecule has 1 N–H and O–H groups in total. The van der Waals surface area contributed by atoms with Gasteiger partial charge >= 0.3 is 5.97 Å². The lowest BCUT2D eigenvalue weighted by Crippen LogP contribution is -2.29. The Morgan fingerprint density at radius 2 is 2.12 bits per heavy atom. The van der Waals surface area contributed by atoms with E-state index in [-0.39, 0.29) is 11.9 Å². The minimum atomic E-state index is -0.294. The van der Waals surface area contributed by atoms with Crippen molar-refractivity contribution >= 4 is 35.2 Å². The Morgan fingerprint density at radius 3 is 2.73 bits per heavy atom. The Hall–Kier alpha value is -1.70. The molecule has 1 aliphatic carbocycles. The fourth-order valence-corrected chi connectivity index (χ4v) is 6.19. The van der Waals surface area contributed by atoms with Crippen molar-refractivity contribution in [3.05, 3.63) is 57.2 Å². The van der Waals surface area contributed by atoms with Gasteiger partial charge in [-0.1, -0.05) is 67.7 Å². The standard InChI is InChI=1S/C24H33NO4S2.C2H6/c1-5-9-10-17(6-2)16-30-24-22-19(15-21(31-24)23(26)29-8-4)13-18(11-12-28-7-3)14-20(22)25-27;1-2/h5-6,9-10,15,18-19,27H,2,7-8,11-14,16H2,1,3-4H3;1-2H3/b9-5-,17-10+,25-20+;. The molecule has 33 heavy (non-hydrogen) atoms. The summed E-state index contributed by atoms with van der Waals surface area (Å²) in [4.78, 5) is 13.1. The van der Waals surface area contributed by atoms with E-state index in [1.165, 1.54) is 11.8 Å². The third-order valence-corrected chi connectivity index (χ3v) is 7.62. The summed E-state index contributed by atoms with van der Waals surface area (Å²) in [5, 5.41) is 13.5. The van der Waals surface area contributed by atoms with Crippen LogP contribution in [0.3, 0.4) is 0 Å². The molecule has 0 amide bonds. The van der Waals surface area contributed by atoms with Gasteiger partial charge in [0, 0.05) is 30.5 Å². The van der Waals surface area contributed by atoms with E-state index in [9.17, 15) is 10.0 Å². The van der Waals surface area contributed by atoms with Crippen molar-refractivity contribution in [1.29, 1.82) is 0 Å². The maximum atomic E-state index is 12.5. The number of hydrogen-bond acceptors (Lipinski definition) is 7. The number of thioether (sulfide) groups is 2. The smallest absolute Gasteiger partial charge is 0.344 e. The first kappa shape index (κ1) is 29.3. The van der Waals surface area contributed by atoms with Crippen LogP contribution in [0.1, 0.15) is 53.9 Å². The zero-order chi connectivity index (χ0) is 24.6. The molecule has 1 fully saturated rings. The predicted molar refractivity (Wildman–Crippen MR) is 143 cm³/mol. The maximum absolute atomic E-state index is 12.5. The molecule has 1 heterocycles. The number of nitrogens with zero attached hydrogens (tertiary/aromatic N) is 1. The lowest BCUT2D eigenvalue weighted by molar-refractivity contribution is -0.137. The third-order valence-electron chi connectivity index (χ3n) is 5.13. The van der Waals surface area contributed by atoms with Crippen LogP contribution < -0.4 is 0 Å². The second-order valence-electron chi connectivity index (χ2n) is 7.26. The Bertz CT molecular complexity index is 796. The van der Waals surface area contributed by atoms with Crippen molar-refractivity contribution in [2.45, 2.75) is 53.9 Å². The van der Waals surface area contributed by atoms with E-state index in [1.54, 1.807) is 11.8 Å². The number of ether oxygens (including phenoxy) is 2. The number of esters is 1. The molecule has 2 aliphatic rings. The zero-order valence-electron chi connectivity index (χ0n) is 20.6. The summed E-state index contributed by atoms with van der Waals surface area (Å²) in [6.45, 7) is 15.4. The summed E-state index contributed by atoms with van der Waals surface area (Å²) in [5.74, 6) is 0.797. The molecule has 7 heteroatoms. The number of carbonyl (C=O) groups is 1. The molecule has 0 bridgehead atoms. The first-order valence-corrected chi connectivity index (χ1v) is 13.5. The van der Waals surface area contributed by atoms with Crippen LogP contribution in [0, 0.1) is 11.8 Å². The maximum Gasteiger partial charge on any atom is 0.344 e. The van der Waals surface area contributed by atoms with Gasteiger partial charge in [-0.15, -0.1) is 11.8 Å². The van der Waals surface area contributed by atoms with Crippen molar-refractivity contribution in [3.8, 4) is 0 Å². The van der Waals surface area contributed by atoms with Gasteiger partial charge in [0.15, 0.2) is 0 Å². The number of rotatable bonds is 11. The topological polar surface area (TPSA) is 68.1 Å². The molecule has 1 saturated carbocycles. The Kier molecular flexibility index (Phi) is 15.0. The molecule has 5 nitrogen and oxygen atoms in total. The van der Waals surface area contributed by atoms with Crippen LogP contribution in [-0.4, -0.2) is 42.5 Å². The van der Waals surface area contributed by atoms with Gasteiger partial charge in [-0.25, -0.2) is 4.79 Å². The zero-order valence-corrected chi connectivity index (χ0v) is 22.3. The Labute approximate surface area is 208 Å². The summed E-state index contributed by atoms with van der Waals surface area (Å²) in [5.41, 5.74) is 2.84. The van der Waals surface area contributed by atoms with E-state index in [0.717, 1.165) is 34.0 Å². The predicted octanol–water partition coefficient (Wildman–Crippen LogP) is 7.12. The van der Waals surface area contributed by atoms with Crippen LogP contribution in [0.4, 0.5) is 0 Å². The molecular weight excluding hydrogens is 454 g/mol. The highest BCUT2D eigenvalue weighted by Gasteiger charge is 2.36. The van der Waals surface area contributed by atoms with E-state index in [1.807, 2.05) is 65.0 Å². The van der Waals surface area contributed by atoms with Crippen LogP contribution in [-0.2, 0) is 14.3 Å². The molecule has 0 aromatic carbocycles. The van der Waals surface area contributed by atoms with Gasteiger partial charge in [-0.3, -0.25) is 0 Å². The van der Waals surface area contributed by atoms with Crippen LogP contribution in [0.2, 0.25) is 0 Å². The Morgan fingerprint density at radius 1 is 1.36 bits per heavy atom. The minimum Gasteiger partial charge on any atom is -0.462 e. The van der Waals surface area contributed by atoms with Crippen molar-refractivity contribution in [2.75, 3.05) is 25.6 Å². The largest absolute Gasteiger partial charge is 0.462 e. The fourth-order valence-electron chi connectivity index (χ4n) is 3.62. The van der Waals surface area contributed by atoms with E-state index < -0.39 is 0 Å². The first-order valence-electron chi connectivity index (χ1n) is 11.7. The van der Waals surface area contributed by atoms with Gasteiger partial charge in [0.05, 0.1) is 21.5 Å². The molecule has 0 radical (unpaired) electrons. The SMILES string of the molecule is C=C/C(=C\C=C/C)CSC1=C2/C(=N/O)CC(CCOCC)CC2C=C(C(=O)OCC)S1.CC. The van der Waals surface area contributed by atoms with Gasteiger partial charge < -0.3 is 14.7 Å². The van der Waals surface area contributed by atoms with Gasteiger partial charge in [0.2, 0.25) is 0 Å². The first-order chi connectivity index (χ1) is 16.1. The molecule has 0 saturated heterocycles. The third kappa shape index (κ3) is 9.22. The number of hydrogen-bond donors (Lipinski definition) is 1. The minimum absolute atomic E-state index is 0.0288. The summed E-state index contributed by atoms with van der Waals surface area (Å²) >= 11 is 3.07. The molecule has 0 spiro atoms. The van der Waals surface area contributed by atoms with Gasteiger partial charge in [0.1, 0.15) is 0 Å². The van der Waals surface area contributed by atoms with E-state index in [0.29, 0.717) is 42.8 Å². The van der Waals surface area contributed by atoms with Crippen molar-refractivity contribution in [3.63, 3.8) is 0 Å². The second kappa shape index (κ2) is 16.8. The van der Waals surface area contributed by atoms with Gasteiger partial charge in [-0.05, 0) is 51.5 Å². The average Bonchev–Trinajstić information content (AvgIpc) is 2.84. The van der Waals surface area contributed by atoms with Gasteiger partial charge in [-0.2, -0.15) is 0 Å². The number of allylic oxidation sites excluding steroid dienone is 6. The number of oxime groups is 1. The quantitative estimate of drug-likeness (QED) is 0.109. The molecule has 0 aromatic heterocycles. The normalized spacial score (nSPS) is 21.9. The monoisotopic (exact) mass is 493 g/mol. The van der Waals surface area contributed by atoms with Crippen LogP contribution in [0.25, 0.3) is 0 Å². The van der Waals surface area contributed by atoms with E-state index >= 15 is 0 Å². The summed E-state index contributed by atoms with van der Waals surface area (Å²) in [6.07, 6.45) is 12.3. The summed E-state index contributed by atoms with van der Waals surface area (Å²) < 4.78 is 11.8. The fraction of sp³-hybridized carbons (Fsp3) is 0.538. The van der Waals surface area contributed by atoms with Crippen LogP contribution in [0.15, 0.2) is 62.4 Å². The molecule has 184 valence electrons. The van der Waals surface area contributed by atoms with Crippen LogP contribution >= 0.6 is 23.5 Å². The number of fused-ring (bicyclic) bond motifs is 1. The average molecular weight is 494 g/mol. The lowest BCUT2D eigenvalue weighted by atomic mass is 9.75. The molecule has 0 aromatic rings. The van der Waals surface area contributed by atoms with Crippen molar-refractivity contribution in [1.82, 2.24) is 0 Å². The van der Waals surface area contributed by atoms with E-state index in [2.05, 4.69) is 11.7 Å². The second-order valence-corrected chi connectivity index (χ2v) is 9.56. The summed E-state index contributed by atoms with van der Waals surface area (Å²) in [6, 6.07) is 0. The van der Waals surface area contributed by atoms with Gasteiger partial charge in [0.25, 0.3) is 0 Å². The Balaban J connectivity index is 0.00000265. The highest BCUT2D eigenvalue weighted by atomic mass is 32.2. The number of carbonyl (C=O) groups excluding carboxylic acids is 1. The summed E-state index contributed by atoms with van der Waals surface area (Å²) in [7, 11) is 0. The van der Waals surface area contributed by atoms with E-state index in [4.69, 9.17) is 9.47 Å². The molecule has 2 rings (SSSR count). The molecular formula is C26H39NO4S2. The van der Waals surface area contributed by atoms with Crippen LogP contribution in [0.5, 0.6) is 0 Å². The molecule has 1 aliphatic heterocycles. The highest BCUT2D eigenvalue weighted by molar-refractivity contribution is 8.24. The molecule has 2 atom stereocenters. The van der Waals surface area contributed by atoms with Crippen molar-refractivity contribution < 1.29 is 19.5 Å². The highest BCUT2D eigenvalue weighted by Crippen LogP contribution is 2.49. The van der Waals surface area contributed by atoms with Crippen molar-refractivity contribution in [2.24, 2.45) is 17.0 Å². The molecule has 2 unspecified atom stereocenters. The lowest BCUT2D eigenvalue weighted by Gasteiger charge is -2.34.